The summed E-state index contributed by atoms with van der Waals surface area (Å²) in [6.45, 7) is 12.2. The van der Waals surface area contributed by atoms with Crippen molar-refractivity contribution in [2.45, 2.75) is 51.7 Å². The predicted molar refractivity (Wildman–Crippen MR) is 79.0 cm³/mol. The number of nitrogens with two attached hydrogens (primary N) is 1. The summed E-state index contributed by atoms with van der Waals surface area (Å²) in [5.74, 6) is -0.260. The van der Waals surface area contributed by atoms with E-state index in [-0.39, 0.29) is 5.91 Å². The molecule has 1 rings (SSSR count). The van der Waals surface area contributed by atoms with Crippen molar-refractivity contribution in [3.8, 4) is 0 Å². The van der Waals surface area contributed by atoms with Crippen LogP contribution in [0.15, 0.2) is 0 Å². The maximum absolute atomic E-state index is 11.6. The molecule has 1 amide bonds. The average Bonchev–Trinajstić information content (AvgIpc) is 2.33. The molecule has 0 aliphatic carbocycles. The van der Waals surface area contributed by atoms with Crippen LogP contribution in [0.4, 0.5) is 0 Å². The first-order chi connectivity index (χ1) is 8.80. The summed E-state index contributed by atoms with van der Waals surface area (Å²) < 4.78 is 0. The number of primary amides is 1. The van der Waals surface area contributed by atoms with Gasteiger partial charge in [0.15, 0.2) is 0 Å². The summed E-state index contributed by atoms with van der Waals surface area (Å²) in [6, 6.07) is 1.12. The molecule has 0 radical (unpaired) electrons. The quantitative estimate of drug-likeness (QED) is 0.726. The van der Waals surface area contributed by atoms with E-state index in [0.29, 0.717) is 12.1 Å². The Morgan fingerprint density at radius 2 is 1.89 bits per heavy atom. The van der Waals surface area contributed by atoms with Gasteiger partial charge in [-0.05, 0) is 40.8 Å². The van der Waals surface area contributed by atoms with Crippen LogP contribution in [0.3, 0.4) is 0 Å². The van der Waals surface area contributed by atoms with Gasteiger partial charge >= 0.3 is 0 Å². The second kappa shape index (κ2) is 6.68. The minimum absolute atomic E-state index is 0.260. The van der Waals surface area contributed by atoms with Gasteiger partial charge in [0.2, 0.25) is 5.91 Å². The van der Waals surface area contributed by atoms with Crippen molar-refractivity contribution in [1.29, 1.82) is 0 Å². The van der Waals surface area contributed by atoms with Gasteiger partial charge in [0.1, 0.15) is 0 Å². The third-order valence-electron chi connectivity index (χ3n) is 4.47. The molecule has 3 atom stereocenters. The Labute approximate surface area is 117 Å². The summed E-state index contributed by atoms with van der Waals surface area (Å²) in [5.41, 5.74) is 4.93. The first-order valence-corrected chi connectivity index (χ1v) is 7.29. The van der Waals surface area contributed by atoms with Crippen LogP contribution in [0.25, 0.3) is 0 Å². The zero-order valence-electron chi connectivity index (χ0n) is 13.1. The number of carbonyl (C=O) groups is 1. The molecule has 1 aliphatic rings. The molecular formula is C14H30N4O. The van der Waals surface area contributed by atoms with E-state index in [4.69, 9.17) is 5.73 Å². The first kappa shape index (κ1) is 16.4. The zero-order chi connectivity index (χ0) is 14.6. The Bertz CT molecular complexity index is 298. The van der Waals surface area contributed by atoms with Crippen molar-refractivity contribution in [2.75, 3.05) is 33.2 Å². The minimum atomic E-state index is -0.593. The lowest BCUT2D eigenvalue weighted by atomic mass is 9.96. The third-order valence-corrected chi connectivity index (χ3v) is 4.47. The molecule has 0 aromatic rings. The van der Waals surface area contributed by atoms with Crippen LogP contribution in [0.2, 0.25) is 0 Å². The highest BCUT2D eigenvalue weighted by molar-refractivity contribution is 5.84. The number of nitrogens with zero attached hydrogens (tertiary/aromatic N) is 2. The van der Waals surface area contributed by atoms with Crippen LogP contribution in [-0.4, -0.2) is 66.6 Å². The van der Waals surface area contributed by atoms with Gasteiger partial charge < -0.3 is 16.0 Å². The Balaban J connectivity index is 2.53. The molecule has 112 valence electrons. The number of amides is 1. The standard InChI is InChI=1S/C14H30N4O/c1-6-16-14(4,13(15)19)7-8-18-9-11(2)17(5)12(3)10-18/h11-12,16H,6-10H2,1-5H3,(H2,15,19). The number of carbonyl (C=O) groups excluding carboxylic acids is 1. The summed E-state index contributed by atoms with van der Waals surface area (Å²) in [6.07, 6.45) is 0.763. The molecule has 3 N–H and O–H groups in total. The first-order valence-electron chi connectivity index (χ1n) is 7.29. The van der Waals surface area contributed by atoms with E-state index in [1.165, 1.54) is 0 Å². The van der Waals surface area contributed by atoms with E-state index in [1.807, 2.05) is 13.8 Å². The number of hydrogen-bond donors (Lipinski definition) is 2. The Hall–Kier alpha value is -0.650. The molecule has 1 saturated heterocycles. The molecule has 0 saturated carbocycles. The highest BCUT2D eigenvalue weighted by atomic mass is 16.1. The Kier molecular flexibility index (Phi) is 5.77. The van der Waals surface area contributed by atoms with E-state index < -0.39 is 5.54 Å². The van der Waals surface area contributed by atoms with Gasteiger partial charge in [0, 0.05) is 31.7 Å². The van der Waals surface area contributed by atoms with Crippen molar-refractivity contribution in [2.24, 2.45) is 5.73 Å². The largest absolute Gasteiger partial charge is 0.368 e. The molecule has 1 fully saturated rings. The normalized spacial score (nSPS) is 29.1. The van der Waals surface area contributed by atoms with Crippen LogP contribution < -0.4 is 11.1 Å². The van der Waals surface area contributed by atoms with Crippen LogP contribution in [-0.2, 0) is 4.79 Å². The zero-order valence-corrected chi connectivity index (χ0v) is 13.1. The lowest BCUT2D eigenvalue weighted by molar-refractivity contribution is -0.124. The monoisotopic (exact) mass is 270 g/mol. The van der Waals surface area contributed by atoms with Crippen molar-refractivity contribution >= 4 is 5.91 Å². The van der Waals surface area contributed by atoms with Crippen LogP contribution in [0.5, 0.6) is 0 Å². The Morgan fingerprint density at radius 3 is 2.32 bits per heavy atom. The SMILES string of the molecule is CCNC(C)(CCN1CC(C)N(C)C(C)C1)C(N)=O. The fourth-order valence-electron chi connectivity index (χ4n) is 2.77. The van der Waals surface area contributed by atoms with E-state index in [0.717, 1.165) is 32.6 Å². The third kappa shape index (κ3) is 4.16. The summed E-state index contributed by atoms with van der Waals surface area (Å²) in [5, 5.41) is 3.22. The second-order valence-electron chi connectivity index (χ2n) is 6.10. The molecule has 5 heteroatoms. The fraction of sp³-hybridized carbons (Fsp3) is 0.929. The molecule has 5 nitrogen and oxygen atoms in total. The Morgan fingerprint density at radius 1 is 1.37 bits per heavy atom. The number of hydrogen-bond acceptors (Lipinski definition) is 4. The minimum Gasteiger partial charge on any atom is -0.368 e. The van der Waals surface area contributed by atoms with E-state index in [2.05, 4.69) is 36.0 Å². The molecule has 0 aromatic heterocycles. The highest BCUT2D eigenvalue weighted by Gasteiger charge is 2.32. The second-order valence-corrected chi connectivity index (χ2v) is 6.10. The van der Waals surface area contributed by atoms with Crippen molar-refractivity contribution < 1.29 is 4.79 Å². The average molecular weight is 270 g/mol. The molecule has 0 aromatic carbocycles. The molecular weight excluding hydrogens is 240 g/mol. The lowest BCUT2D eigenvalue weighted by Crippen LogP contribution is -2.58. The molecule has 0 bridgehead atoms. The topological polar surface area (TPSA) is 61.6 Å². The number of nitrogens with one attached hydrogen (secondary N) is 1. The fourth-order valence-corrected chi connectivity index (χ4v) is 2.77. The van der Waals surface area contributed by atoms with Crippen LogP contribution in [0, 0.1) is 0 Å². The van der Waals surface area contributed by atoms with E-state index in [1.54, 1.807) is 0 Å². The van der Waals surface area contributed by atoms with Crippen molar-refractivity contribution in [3.63, 3.8) is 0 Å². The van der Waals surface area contributed by atoms with E-state index in [9.17, 15) is 4.79 Å². The predicted octanol–water partition coefficient (Wildman–Crippen LogP) is 0.254. The van der Waals surface area contributed by atoms with Gasteiger partial charge in [0.05, 0.1) is 5.54 Å². The van der Waals surface area contributed by atoms with Crippen LogP contribution in [0.1, 0.15) is 34.1 Å². The summed E-state index contributed by atoms with van der Waals surface area (Å²) in [7, 11) is 2.18. The maximum atomic E-state index is 11.6. The maximum Gasteiger partial charge on any atom is 0.237 e. The van der Waals surface area contributed by atoms with Gasteiger partial charge in [0.25, 0.3) is 0 Å². The smallest absolute Gasteiger partial charge is 0.237 e. The number of piperazine rings is 1. The number of rotatable bonds is 6. The van der Waals surface area contributed by atoms with Gasteiger partial charge in [-0.25, -0.2) is 0 Å². The molecule has 3 unspecified atom stereocenters. The number of likely N-dealkylation sites (N-methyl/N-ethyl adjacent to an activating group) is 2. The lowest BCUT2D eigenvalue weighted by Gasteiger charge is -2.43. The van der Waals surface area contributed by atoms with Crippen molar-refractivity contribution in [3.05, 3.63) is 0 Å². The molecule has 1 heterocycles. The van der Waals surface area contributed by atoms with Gasteiger partial charge in [-0.1, -0.05) is 6.92 Å². The highest BCUT2D eigenvalue weighted by Crippen LogP contribution is 2.16. The van der Waals surface area contributed by atoms with Gasteiger partial charge in [-0.15, -0.1) is 0 Å². The molecule has 1 aliphatic heterocycles. The van der Waals surface area contributed by atoms with Crippen LogP contribution >= 0.6 is 0 Å². The van der Waals surface area contributed by atoms with Gasteiger partial charge in [-0.2, -0.15) is 0 Å². The van der Waals surface area contributed by atoms with Gasteiger partial charge in [-0.3, -0.25) is 9.69 Å². The summed E-state index contributed by atoms with van der Waals surface area (Å²) >= 11 is 0. The summed E-state index contributed by atoms with van der Waals surface area (Å²) in [4.78, 5) is 16.4. The molecule has 0 spiro atoms. The van der Waals surface area contributed by atoms with Crippen molar-refractivity contribution in [1.82, 2.24) is 15.1 Å². The molecule has 19 heavy (non-hydrogen) atoms. The van der Waals surface area contributed by atoms with E-state index >= 15 is 0 Å².